The number of carbonyl (C=O) groups excluding carboxylic acids is 1. The first kappa shape index (κ1) is 13.5. The van der Waals surface area contributed by atoms with Crippen molar-refractivity contribution in [2.75, 3.05) is 5.32 Å². The molecule has 4 aromatic rings. The molecule has 2 aromatic heterocycles. The van der Waals surface area contributed by atoms with Crippen molar-refractivity contribution < 1.29 is 9.21 Å². The third-order valence-corrected chi connectivity index (χ3v) is 3.80. The van der Waals surface area contributed by atoms with Crippen molar-refractivity contribution >= 4 is 40.4 Å². The van der Waals surface area contributed by atoms with Crippen molar-refractivity contribution in [3.05, 3.63) is 47.5 Å². The van der Waals surface area contributed by atoms with E-state index in [4.69, 9.17) is 4.42 Å². The molecule has 0 bridgehead atoms. The molecule has 0 spiro atoms. The molecule has 0 aliphatic carbocycles. The maximum atomic E-state index is 10.9. The van der Waals surface area contributed by atoms with Crippen LogP contribution in [0.4, 0.5) is 12.0 Å². The second-order valence-corrected chi connectivity index (χ2v) is 5.48. The summed E-state index contributed by atoms with van der Waals surface area (Å²) in [5, 5.41) is 3.09. The van der Waals surface area contributed by atoms with Crippen LogP contribution in [0.15, 0.2) is 40.8 Å². The molecular weight excluding hydrogens is 292 g/mol. The number of anilines is 2. The van der Waals surface area contributed by atoms with E-state index in [1.807, 2.05) is 42.8 Å². The highest BCUT2D eigenvalue weighted by Gasteiger charge is 2.12. The molecule has 0 saturated heterocycles. The Labute approximate surface area is 131 Å². The number of nitrogens with zero attached hydrogens (tertiary/aromatic N) is 3. The predicted octanol–water partition coefficient (Wildman–Crippen LogP) is 3.58. The number of nitrogens with one attached hydrogen (secondary N) is 1. The van der Waals surface area contributed by atoms with Gasteiger partial charge in [0.1, 0.15) is 11.8 Å². The quantitative estimate of drug-likeness (QED) is 0.586. The maximum absolute atomic E-state index is 10.9. The lowest BCUT2D eigenvalue weighted by Crippen LogP contribution is -1.98. The summed E-state index contributed by atoms with van der Waals surface area (Å²) in [5.41, 5.74) is 4.90. The van der Waals surface area contributed by atoms with Gasteiger partial charge in [-0.05, 0) is 42.8 Å². The summed E-state index contributed by atoms with van der Waals surface area (Å²) in [6, 6.07) is 11.6. The van der Waals surface area contributed by atoms with Crippen molar-refractivity contribution in [1.29, 1.82) is 0 Å². The van der Waals surface area contributed by atoms with E-state index in [-0.39, 0.29) is 0 Å². The molecule has 0 aliphatic heterocycles. The zero-order valence-corrected chi connectivity index (χ0v) is 12.7. The number of fused-ring (bicyclic) bond motifs is 2. The van der Waals surface area contributed by atoms with Crippen LogP contribution in [0.1, 0.15) is 15.9 Å². The van der Waals surface area contributed by atoms with Gasteiger partial charge in [-0.1, -0.05) is 6.07 Å². The van der Waals surface area contributed by atoms with E-state index < -0.39 is 0 Å². The number of imidazole rings is 1. The van der Waals surface area contributed by atoms with E-state index in [1.165, 1.54) is 0 Å². The van der Waals surface area contributed by atoms with Crippen LogP contribution in [0.5, 0.6) is 0 Å². The first-order valence-electron chi connectivity index (χ1n) is 7.20. The van der Waals surface area contributed by atoms with Crippen LogP contribution in [-0.4, -0.2) is 20.8 Å². The van der Waals surface area contributed by atoms with Gasteiger partial charge in [0.2, 0.25) is 5.95 Å². The van der Waals surface area contributed by atoms with Gasteiger partial charge < -0.3 is 8.98 Å². The summed E-state index contributed by atoms with van der Waals surface area (Å²) < 4.78 is 7.61. The SMILES string of the molecule is Cc1ccc2nc(Nc3nc4cc(C=O)ccc4n3C)oc2c1. The molecule has 0 radical (unpaired) electrons. The average Bonchev–Trinajstić information content (AvgIpc) is 3.08. The number of rotatable bonds is 3. The normalized spacial score (nSPS) is 11.2. The molecule has 0 fully saturated rings. The fourth-order valence-corrected chi connectivity index (χ4v) is 2.58. The molecule has 4 rings (SSSR count). The molecule has 2 heterocycles. The van der Waals surface area contributed by atoms with Crippen molar-refractivity contribution in [3.63, 3.8) is 0 Å². The molecule has 0 unspecified atom stereocenters. The van der Waals surface area contributed by atoms with Gasteiger partial charge in [0.05, 0.1) is 11.0 Å². The minimum absolute atomic E-state index is 0.389. The number of oxazole rings is 1. The van der Waals surface area contributed by atoms with Crippen molar-refractivity contribution in [3.8, 4) is 0 Å². The lowest BCUT2D eigenvalue weighted by atomic mass is 10.2. The fraction of sp³-hybridized carbons (Fsp3) is 0.118. The van der Waals surface area contributed by atoms with Gasteiger partial charge in [-0.3, -0.25) is 10.1 Å². The molecular formula is C17H14N4O2. The summed E-state index contributed by atoms with van der Waals surface area (Å²) in [6.07, 6.45) is 0.810. The number of aromatic nitrogens is 3. The number of carbonyl (C=O) groups is 1. The smallest absolute Gasteiger partial charge is 0.302 e. The third-order valence-electron chi connectivity index (χ3n) is 3.80. The largest absolute Gasteiger partial charge is 0.423 e. The van der Waals surface area contributed by atoms with Gasteiger partial charge >= 0.3 is 6.01 Å². The molecule has 2 aromatic carbocycles. The molecule has 0 aliphatic rings. The van der Waals surface area contributed by atoms with E-state index in [9.17, 15) is 4.79 Å². The van der Waals surface area contributed by atoms with Gasteiger partial charge in [-0.25, -0.2) is 4.98 Å². The highest BCUT2D eigenvalue weighted by atomic mass is 16.4. The molecule has 6 nitrogen and oxygen atoms in total. The molecule has 0 atom stereocenters. The zero-order valence-electron chi connectivity index (χ0n) is 12.7. The Kier molecular flexibility index (Phi) is 2.90. The summed E-state index contributed by atoms with van der Waals surface area (Å²) in [7, 11) is 1.89. The Hall–Kier alpha value is -3.15. The van der Waals surface area contributed by atoms with Gasteiger partial charge in [0.15, 0.2) is 5.58 Å². The average molecular weight is 306 g/mol. The second kappa shape index (κ2) is 4.95. The fourth-order valence-electron chi connectivity index (χ4n) is 2.58. The zero-order chi connectivity index (χ0) is 16.0. The number of aldehydes is 1. The van der Waals surface area contributed by atoms with Crippen LogP contribution in [0, 0.1) is 6.92 Å². The highest BCUT2D eigenvalue weighted by Crippen LogP contribution is 2.25. The van der Waals surface area contributed by atoms with E-state index >= 15 is 0 Å². The molecule has 0 amide bonds. The van der Waals surface area contributed by atoms with Gasteiger partial charge in [0, 0.05) is 12.6 Å². The van der Waals surface area contributed by atoms with E-state index in [2.05, 4.69) is 15.3 Å². The summed E-state index contributed by atoms with van der Waals surface area (Å²) in [6.45, 7) is 2.01. The Bertz CT molecular complexity index is 1050. The predicted molar refractivity (Wildman–Crippen MR) is 88.1 cm³/mol. The number of hydrogen-bond acceptors (Lipinski definition) is 5. The maximum Gasteiger partial charge on any atom is 0.302 e. The van der Waals surface area contributed by atoms with Gasteiger partial charge in [0.25, 0.3) is 0 Å². The Morgan fingerprint density at radius 2 is 2.00 bits per heavy atom. The second-order valence-electron chi connectivity index (χ2n) is 5.48. The van der Waals surface area contributed by atoms with Crippen LogP contribution in [-0.2, 0) is 7.05 Å². The van der Waals surface area contributed by atoms with Crippen LogP contribution in [0.2, 0.25) is 0 Å². The lowest BCUT2D eigenvalue weighted by Gasteiger charge is -2.01. The molecule has 6 heteroatoms. The van der Waals surface area contributed by atoms with Crippen LogP contribution in [0.25, 0.3) is 22.1 Å². The van der Waals surface area contributed by atoms with Crippen molar-refractivity contribution in [2.45, 2.75) is 6.92 Å². The molecule has 23 heavy (non-hydrogen) atoms. The Balaban J connectivity index is 1.76. The van der Waals surface area contributed by atoms with Crippen molar-refractivity contribution in [1.82, 2.24) is 14.5 Å². The summed E-state index contributed by atoms with van der Waals surface area (Å²) in [4.78, 5) is 19.8. The van der Waals surface area contributed by atoms with Crippen LogP contribution >= 0.6 is 0 Å². The number of hydrogen-bond donors (Lipinski definition) is 1. The third kappa shape index (κ3) is 2.24. The molecule has 1 N–H and O–H groups in total. The molecule has 114 valence electrons. The Morgan fingerprint density at radius 1 is 1.13 bits per heavy atom. The standard InChI is InChI=1S/C17H14N4O2/c1-10-3-5-12-15(7-10)23-17(19-12)20-16-18-13-8-11(9-22)4-6-14(13)21(16)2/h3-9H,1-2H3,(H,18,19,20). The summed E-state index contributed by atoms with van der Waals surface area (Å²) >= 11 is 0. The monoisotopic (exact) mass is 306 g/mol. The topological polar surface area (TPSA) is 73.0 Å². The Morgan fingerprint density at radius 3 is 2.83 bits per heavy atom. The minimum atomic E-state index is 0.389. The van der Waals surface area contributed by atoms with Gasteiger partial charge in [-0.15, -0.1) is 0 Å². The lowest BCUT2D eigenvalue weighted by molar-refractivity contribution is 0.112. The van der Waals surface area contributed by atoms with E-state index in [1.54, 1.807) is 12.1 Å². The summed E-state index contributed by atoms with van der Waals surface area (Å²) in [5.74, 6) is 0.603. The van der Waals surface area contributed by atoms with Crippen molar-refractivity contribution in [2.24, 2.45) is 7.05 Å². The van der Waals surface area contributed by atoms with Crippen LogP contribution in [0.3, 0.4) is 0 Å². The highest BCUT2D eigenvalue weighted by molar-refractivity contribution is 5.86. The van der Waals surface area contributed by atoms with Gasteiger partial charge in [-0.2, -0.15) is 4.98 Å². The number of aryl methyl sites for hydroxylation is 2. The van der Waals surface area contributed by atoms with Crippen LogP contribution < -0.4 is 5.32 Å². The number of benzene rings is 2. The first-order valence-corrected chi connectivity index (χ1v) is 7.20. The molecule has 0 saturated carbocycles. The van der Waals surface area contributed by atoms with E-state index in [0.717, 1.165) is 34.0 Å². The van der Waals surface area contributed by atoms with E-state index in [0.29, 0.717) is 17.5 Å². The minimum Gasteiger partial charge on any atom is -0.423 e. The first-order chi connectivity index (χ1) is 11.1.